The van der Waals surface area contributed by atoms with Gasteiger partial charge in [-0.3, -0.25) is 5.26 Å². The van der Waals surface area contributed by atoms with Crippen LogP contribution in [0.3, 0.4) is 0 Å². The summed E-state index contributed by atoms with van der Waals surface area (Å²) in [7, 11) is 0. The largest absolute Gasteiger partial charge is 0.493 e. The number of halogens is 3. The minimum atomic E-state index is -4.34. The fourth-order valence-corrected chi connectivity index (χ4v) is 3.37. The molecule has 0 aromatic heterocycles. The number of alkyl halides is 3. The van der Waals surface area contributed by atoms with Gasteiger partial charge in [-0.15, -0.1) is 11.8 Å². The fourth-order valence-electron chi connectivity index (χ4n) is 2.28. The van der Waals surface area contributed by atoms with Crippen molar-refractivity contribution in [3.8, 4) is 11.5 Å². The number of benzene rings is 2. The van der Waals surface area contributed by atoms with Crippen LogP contribution in [-0.4, -0.2) is 30.8 Å². The zero-order chi connectivity index (χ0) is 20.4. The van der Waals surface area contributed by atoms with Crippen molar-refractivity contribution >= 4 is 11.8 Å². The Bertz CT molecular complexity index is 690. The average molecular weight is 416 g/mol. The highest BCUT2D eigenvalue weighted by Gasteiger charge is 2.30. The minimum absolute atomic E-state index is 0.105. The summed E-state index contributed by atoms with van der Waals surface area (Å²) >= 11 is 1.68. The third-order valence-electron chi connectivity index (χ3n) is 4.00. The summed E-state index contributed by atoms with van der Waals surface area (Å²) in [6.07, 6.45) is -3.44. The Morgan fingerprint density at radius 1 is 0.929 bits per heavy atom. The summed E-state index contributed by atoms with van der Waals surface area (Å²) in [5.41, 5.74) is -0.682. The molecule has 4 nitrogen and oxygen atoms in total. The molecule has 0 aliphatic rings. The van der Waals surface area contributed by atoms with Crippen molar-refractivity contribution in [2.45, 2.75) is 24.4 Å². The van der Waals surface area contributed by atoms with E-state index < -0.39 is 11.7 Å². The molecule has 2 aromatic rings. The van der Waals surface area contributed by atoms with Crippen molar-refractivity contribution in [1.29, 1.82) is 0 Å². The van der Waals surface area contributed by atoms with E-state index in [1.54, 1.807) is 11.8 Å². The Labute approximate surface area is 166 Å². The minimum Gasteiger partial charge on any atom is -0.493 e. The van der Waals surface area contributed by atoms with Crippen molar-refractivity contribution < 1.29 is 32.8 Å². The molecule has 0 heterocycles. The van der Waals surface area contributed by atoms with Gasteiger partial charge in [0, 0.05) is 16.6 Å². The van der Waals surface area contributed by atoms with E-state index >= 15 is 0 Å². The van der Waals surface area contributed by atoms with E-state index in [9.17, 15) is 13.2 Å². The molecule has 28 heavy (non-hydrogen) atoms. The smallest absolute Gasteiger partial charge is 0.416 e. The number of ether oxygens (including phenoxy) is 2. The highest BCUT2D eigenvalue weighted by Crippen LogP contribution is 2.30. The van der Waals surface area contributed by atoms with E-state index in [4.69, 9.17) is 14.7 Å². The normalized spacial score (nSPS) is 12.6. The molecule has 0 spiro atoms. The third-order valence-corrected chi connectivity index (χ3v) is 5.24. The summed E-state index contributed by atoms with van der Waals surface area (Å²) in [6, 6.07) is 12.3. The SMILES string of the molecule is CCC(COc1ccc(C(F)(F)F)cc1)CSc1ccc(OCCOO)cc1. The van der Waals surface area contributed by atoms with E-state index in [1.165, 1.54) is 12.1 Å². The molecule has 0 aliphatic heterocycles. The van der Waals surface area contributed by atoms with Crippen LogP contribution in [0, 0.1) is 5.92 Å². The van der Waals surface area contributed by atoms with E-state index in [1.807, 2.05) is 24.3 Å². The first kappa shape index (κ1) is 22.4. The summed E-state index contributed by atoms with van der Waals surface area (Å²) in [6.45, 7) is 2.87. The van der Waals surface area contributed by atoms with E-state index in [0.717, 1.165) is 29.2 Å². The zero-order valence-electron chi connectivity index (χ0n) is 15.4. The van der Waals surface area contributed by atoms with Crippen LogP contribution in [0.5, 0.6) is 11.5 Å². The molecule has 0 saturated carbocycles. The van der Waals surface area contributed by atoms with E-state index in [2.05, 4.69) is 11.8 Å². The monoisotopic (exact) mass is 416 g/mol. The number of thioether (sulfide) groups is 1. The first-order chi connectivity index (χ1) is 13.4. The Morgan fingerprint density at radius 3 is 2.11 bits per heavy atom. The first-order valence-corrected chi connectivity index (χ1v) is 9.83. The van der Waals surface area contributed by atoms with Crippen molar-refractivity contribution in [3.63, 3.8) is 0 Å². The summed E-state index contributed by atoms with van der Waals surface area (Å²) in [5.74, 6) is 2.23. The summed E-state index contributed by atoms with van der Waals surface area (Å²) in [4.78, 5) is 5.03. The molecule has 0 amide bonds. The highest BCUT2D eigenvalue weighted by molar-refractivity contribution is 7.99. The maximum atomic E-state index is 12.6. The number of hydrogen-bond donors (Lipinski definition) is 1. The molecular weight excluding hydrogens is 393 g/mol. The van der Waals surface area contributed by atoms with Crippen LogP contribution in [0.1, 0.15) is 18.9 Å². The maximum Gasteiger partial charge on any atom is 0.416 e. The van der Waals surface area contributed by atoms with Crippen LogP contribution < -0.4 is 9.47 Å². The van der Waals surface area contributed by atoms with Gasteiger partial charge in [-0.2, -0.15) is 13.2 Å². The van der Waals surface area contributed by atoms with Crippen molar-refractivity contribution in [2.75, 3.05) is 25.6 Å². The second-order valence-corrected chi connectivity index (χ2v) is 7.16. The van der Waals surface area contributed by atoms with Gasteiger partial charge in [-0.05, 0) is 55.0 Å². The second kappa shape index (κ2) is 11.2. The molecule has 0 bridgehead atoms. The maximum absolute atomic E-state index is 12.6. The molecule has 0 radical (unpaired) electrons. The average Bonchev–Trinajstić information content (AvgIpc) is 2.69. The quantitative estimate of drug-likeness (QED) is 0.218. The van der Waals surface area contributed by atoms with Gasteiger partial charge >= 0.3 is 6.18 Å². The van der Waals surface area contributed by atoms with Crippen LogP contribution in [-0.2, 0) is 11.1 Å². The van der Waals surface area contributed by atoms with Gasteiger partial charge in [0.25, 0.3) is 0 Å². The predicted molar refractivity (Wildman–Crippen MR) is 102 cm³/mol. The molecule has 0 saturated heterocycles. The summed E-state index contributed by atoms with van der Waals surface area (Å²) in [5, 5.41) is 8.26. The van der Waals surface area contributed by atoms with Crippen molar-refractivity contribution in [3.05, 3.63) is 54.1 Å². The molecule has 1 atom stereocenters. The Hall–Kier alpha value is -1.90. The lowest BCUT2D eigenvalue weighted by Gasteiger charge is -2.16. The van der Waals surface area contributed by atoms with Gasteiger partial charge in [0.15, 0.2) is 0 Å². The standard InChI is InChI=1S/C20H23F3O4S/c1-2-15(13-26-18-5-3-16(4-6-18)20(21,22)23)14-28-19-9-7-17(8-10-19)25-11-12-27-24/h3-10,15,24H,2,11-14H2,1H3. The molecule has 1 unspecified atom stereocenters. The molecule has 0 aliphatic carbocycles. The molecular formula is C20H23F3O4S. The lowest BCUT2D eigenvalue weighted by molar-refractivity contribution is -0.245. The van der Waals surface area contributed by atoms with Crippen LogP contribution >= 0.6 is 11.8 Å². The second-order valence-electron chi connectivity index (χ2n) is 6.07. The van der Waals surface area contributed by atoms with Crippen LogP contribution in [0.4, 0.5) is 13.2 Å². The third kappa shape index (κ3) is 7.61. The van der Waals surface area contributed by atoms with E-state index in [-0.39, 0.29) is 19.1 Å². The molecule has 154 valence electrons. The first-order valence-electron chi connectivity index (χ1n) is 8.84. The zero-order valence-corrected chi connectivity index (χ0v) is 16.3. The van der Waals surface area contributed by atoms with Crippen molar-refractivity contribution in [1.82, 2.24) is 0 Å². The Balaban J connectivity index is 1.77. The molecule has 8 heteroatoms. The molecule has 2 aromatic carbocycles. The van der Waals surface area contributed by atoms with E-state index in [0.29, 0.717) is 18.1 Å². The summed E-state index contributed by atoms with van der Waals surface area (Å²) < 4.78 is 48.8. The van der Waals surface area contributed by atoms with Crippen molar-refractivity contribution in [2.24, 2.45) is 5.92 Å². The molecule has 0 fully saturated rings. The van der Waals surface area contributed by atoms with Gasteiger partial charge in [0.1, 0.15) is 24.7 Å². The number of hydrogen-bond acceptors (Lipinski definition) is 5. The predicted octanol–water partition coefficient (Wildman–Crippen LogP) is 5.77. The van der Waals surface area contributed by atoms with Gasteiger partial charge in [-0.1, -0.05) is 6.92 Å². The van der Waals surface area contributed by atoms with Crippen LogP contribution in [0.25, 0.3) is 0 Å². The fraction of sp³-hybridized carbons (Fsp3) is 0.400. The van der Waals surface area contributed by atoms with Crippen LogP contribution in [0.2, 0.25) is 0 Å². The van der Waals surface area contributed by atoms with Crippen LogP contribution in [0.15, 0.2) is 53.4 Å². The molecule has 2 rings (SSSR count). The van der Waals surface area contributed by atoms with Gasteiger partial charge in [-0.25, -0.2) is 4.89 Å². The number of rotatable bonds is 11. The topological polar surface area (TPSA) is 47.9 Å². The van der Waals surface area contributed by atoms with Gasteiger partial charge in [0.2, 0.25) is 0 Å². The highest BCUT2D eigenvalue weighted by atomic mass is 32.2. The lowest BCUT2D eigenvalue weighted by atomic mass is 10.1. The van der Waals surface area contributed by atoms with Gasteiger partial charge in [0.05, 0.1) is 12.2 Å². The lowest BCUT2D eigenvalue weighted by Crippen LogP contribution is -2.14. The Kier molecular flexibility index (Phi) is 8.95. The van der Waals surface area contributed by atoms with Gasteiger partial charge < -0.3 is 9.47 Å². The molecule has 1 N–H and O–H groups in total. The Morgan fingerprint density at radius 2 is 1.54 bits per heavy atom.